The Balaban J connectivity index is 2.15. The van der Waals surface area contributed by atoms with Gasteiger partial charge in [-0.05, 0) is 48.5 Å². The molecule has 0 amide bonds. The van der Waals surface area contributed by atoms with Crippen LogP contribution < -0.4 is 10.2 Å². The molecule has 0 aromatic heterocycles. The van der Waals surface area contributed by atoms with E-state index in [0.29, 0.717) is 11.1 Å². The molecule has 4 heteroatoms. The number of rotatable bonds is 5. The van der Waals surface area contributed by atoms with Gasteiger partial charge < -0.3 is 10.2 Å². The van der Waals surface area contributed by atoms with Gasteiger partial charge in [0, 0.05) is 30.9 Å². The lowest BCUT2D eigenvalue weighted by atomic mass is 10.0. The highest BCUT2D eigenvalue weighted by Gasteiger charge is 2.09. The van der Waals surface area contributed by atoms with E-state index in [1.165, 1.54) is 0 Å². The second-order valence-electron chi connectivity index (χ2n) is 4.64. The molecule has 20 heavy (non-hydrogen) atoms. The Morgan fingerprint density at radius 3 is 1.90 bits per heavy atom. The predicted octanol–water partition coefficient (Wildman–Crippen LogP) is 2.81. The van der Waals surface area contributed by atoms with Crippen LogP contribution in [0.5, 0.6) is 5.75 Å². The summed E-state index contributed by atoms with van der Waals surface area (Å²) in [6.45, 7) is 0. The van der Waals surface area contributed by atoms with Crippen LogP contribution in [0.4, 0.5) is 5.69 Å². The molecule has 104 valence electrons. The fourth-order valence-corrected chi connectivity index (χ4v) is 1.86. The van der Waals surface area contributed by atoms with Crippen LogP contribution in [0.1, 0.15) is 15.9 Å². The molecule has 4 nitrogen and oxygen atoms in total. The molecule has 0 radical (unpaired) electrons. The molecule has 0 fully saturated rings. The van der Waals surface area contributed by atoms with E-state index >= 15 is 0 Å². The average molecular weight is 270 g/mol. The second-order valence-corrected chi connectivity index (χ2v) is 4.64. The van der Waals surface area contributed by atoms with Crippen LogP contribution in [0.15, 0.2) is 48.5 Å². The largest absolute Gasteiger partial charge is 0.497 e. The second kappa shape index (κ2) is 6.21. The number of methoxy groups -OCH3 is 1. The number of benzene rings is 2. The van der Waals surface area contributed by atoms with Gasteiger partial charge in [-0.15, -0.1) is 0 Å². The third-order valence-corrected chi connectivity index (χ3v) is 2.85. The highest BCUT2D eigenvalue weighted by atomic mass is 16.5. The maximum Gasteiger partial charge on any atom is 0.193 e. The van der Waals surface area contributed by atoms with Gasteiger partial charge in [0.1, 0.15) is 5.75 Å². The van der Waals surface area contributed by atoms with Crippen molar-refractivity contribution in [2.75, 3.05) is 26.6 Å². The molecule has 0 bridgehead atoms. The number of hydrogen-bond acceptors (Lipinski definition) is 4. The number of nitrogens with one attached hydrogen (secondary N) is 1. The molecule has 0 aliphatic heterocycles. The fourth-order valence-electron chi connectivity index (χ4n) is 1.86. The van der Waals surface area contributed by atoms with E-state index in [0.717, 1.165) is 11.4 Å². The Bertz CT molecular complexity index is 574. The van der Waals surface area contributed by atoms with Crippen molar-refractivity contribution in [1.29, 1.82) is 0 Å². The summed E-state index contributed by atoms with van der Waals surface area (Å²) in [6.07, 6.45) is 0. The molecule has 2 rings (SSSR count). The molecule has 2 aromatic rings. The first-order valence-electron chi connectivity index (χ1n) is 6.33. The van der Waals surface area contributed by atoms with Gasteiger partial charge in [-0.2, -0.15) is 0 Å². The standard InChI is InChI=1S/C16H18N2O2/c1-18(2)17-14-8-4-12(5-9-14)16(19)13-6-10-15(20-3)11-7-13/h4-11,17H,1-3H3. The van der Waals surface area contributed by atoms with Gasteiger partial charge in [-0.25, -0.2) is 5.01 Å². The van der Waals surface area contributed by atoms with Crippen molar-refractivity contribution < 1.29 is 9.53 Å². The molecular formula is C16H18N2O2. The van der Waals surface area contributed by atoms with Crippen LogP contribution >= 0.6 is 0 Å². The first-order chi connectivity index (χ1) is 9.60. The van der Waals surface area contributed by atoms with Gasteiger partial charge in [-0.3, -0.25) is 4.79 Å². The first-order valence-corrected chi connectivity index (χ1v) is 6.33. The third kappa shape index (κ3) is 3.36. The summed E-state index contributed by atoms with van der Waals surface area (Å²) < 4.78 is 5.08. The fraction of sp³-hybridized carbons (Fsp3) is 0.188. The van der Waals surface area contributed by atoms with E-state index in [4.69, 9.17) is 4.74 Å². The topological polar surface area (TPSA) is 41.6 Å². The van der Waals surface area contributed by atoms with Crippen LogP contribution in [-0.4, -0.2) is 32.0 Å². The van der Waals surface area contributed by atoms with Gasteiger partial charge in [0.25, 0.3) is 0 Å². The number of ketones is 1. The van der Waals surface area contributed by atoms with E-state index in [9.17, 15) is 4.79 Å². The number of nitrogens with zero attached hydrogens (tertiary/aromatic N) is 1. The van der Waals surface area contributed by atoms with Gasteiger partial charge in [0.05, 0.1) is 7.11 Å². The van der Waals surface area contributed by atoms with Crippen molar-refractivity contribution >= 4 is 11.5 Å². The zero-order chi connectivity index (χ0) is 14.5. The van der Waals surface area contributed by atoms with Crippen molar-refractivity contribution in [1.82, 2.24) is 5.01 Å². The lowest BCUT2D eigenvalue weighted by molar-refractivity contribution is 0.103. The number of carbonyl (C=O) groups is 1. The minimum atomic E-state index is 0.00376. The van der Waals surface area contributed by atoms with Crippen molar-refractivity contribution in [3.63, 3.8) is 0 Å². The van der Waals surface area contributed by atoms with Crippen LogP contribution in [0.2, 0.25) is 0 Å². The molecule has 0 aliphatic rings. The Morgan fingerprint density at radius 1 is 0.950 bits per heavy atom. The van der Waals surface area contributed by atoms with Crippen LogP contribution in [-0.2, 0) is 0 Å². The van der Waals surface area contributed by atoms with Gasteiger partial charge in [0.15, 0.2) is 5.78 Å². The van der Waals surface area contributed by atoms with Crippen LogP contribution in [0.3, 0.4) is 0 Å². The van der Waals surface area contributed by atoms with Gasteiger partial charge in [0.2, 0.25) is 0 Å². The summed E-state index contributed by atoms with van der Waals surface area (Å²) in [7, 11) is 5.43. The molecule has 2 aromatic carbocycles. The Hall–Kier alpha value is -2.33. The smallest absolute Gasteiger partial charge is 0.193 e. The van der Waals surface area contributed by atoms with Crippen molar-refractivity contribution in [3.05, 3.63) is 59.7 Å². The predicted molar refractivity (Wildman–Crippen MR) is 80.2 cm³/mol. The van der Waals surface area contributed by atoms with Gasteiger partial charge in [-0.1, -0.05) is 0 Å². The monoisotopic (exact) mass is 270 g/mol. The Morgan fingerprint density at radius 2 is 1.45 bits per heavy atom. The van der Waals surface area contributed by atoms with Crippen molar-refractivity contribution in [3.8, 4) is 5.75 Å². The van der Waals surface area contributed by atoms with E-state index in [-0.39, 0.29) is 5.78 Å². The average Bonchev–Trinajstić information content (AvgIpc) is 2.47. The Labute approximate surface area is 119 Å². The molecule has 0 saturated carbocycles. The van der Waals surface area contributed by atoms with Crippen molar-refractivity contribution in [2.45, 2.75) is 0 Å². The number of carbonyl (C=O) groups excluding carboxylic acids is 1. The summed E-state index contributed by atoms with van der Waals surface area (Å²) in [4.78, 5) is 12.3. The number of hydrogen-bond donors (Lipinski definition) is 1. The molecule has 0 saturated heterocycles. The van der Waals surface area contributed by atoms with E-state index in [1.807, 2.05) is 43.4 Å². The molecule has 0 unspecified atom stereocenters. The molecule has 0 heterocycles. The summed E-state index contributed by atoms with van der Waals surface area (Å²) >= 11 is 0. The lowest BCUT2D eigenvalue weighted by Gasteiger charge is -2.13. The minimum Gasteiger partial charge on any atom is -0.497 e. The third-order valence-electron chi connectivity index (χ3n) is 2.85. The van der Waals surface area contributed by atoms with Gasteiger partial charge >= 0.3 is 0 Å². The first kappa shape index (κ1) is 14.1. The summed E-state index contributed by atoms with van der Waals surface area (Å²) in [6, 6.07) is 14.5. The number of ether oxygens (including phenoxy) is 1. The summed E-state index contributed by atoms with van der Waals surface area (Å²) in [5.41, 5.74) is 5.39. The molecule has 0 spiro atoms. The highest BCUT2D eigenvalue weighted by Crippen LogP contribution is 2.16. The minimum absolute atomic E-state index is 0.00376. The molecule has 1 N–H and O–H groups in total. The number of hydrazine groups is 1. The van der Waals surface area contributed by atoms with Crippen molar-refractivity contribution in [2.24, 2.45) is 0 Å². The van der Waals surface area contributed by atoms with E-state index < -0.39 is 0 Å². The maximum absolute atomic E-state index is 12.3. The summed E-state index contributed by atoms with van der Waals surface area (Å²) in [5, 5.41) is 1.85. The number of anilines is 1. The normalized spacial score (nSPS) is 10.4. The molecule has 0 aliphatic carbocycles. The van der Waals surface area contributed by atoms with E-state index in [2.05, 4.69) is 5.43 Å². The zero-order valence-corrected chi connectivity index (χ0v) is 11.9. The van der Waals surface area contributed by atoms with Crippen LogP contribution in [0.25, 0.3) is 0 Å². The maximum atomic E-state index is 12.3. The van der Waals surface area contributed by atoms with E-state index in [1.54, 1.807) is 31.4 Å². The summed E-state index contributed by atoms with van der Waals surface area (Å²) in [5.74, 6) is 0.746. The molecular weight excluding hydrogens is 252 g/mol. The van der Waals surface area contributed by atoms with Crippen LogP contribution in [0, 0.1) is 0 Å². The molecule has 0 atom stereocenters. The quantitative estimate of drug-likeness (QED) is 0.670. The highest BCUT2D eigenvalue weighted by molar-refractivity contribution is 6.09. The zero-order valence-electron chi connectivity index (χ0n) is 11.9. The Kier molecular flexibility index (Phi) is 4.38. The SMILES string of the molecule is COc1ccc(C(=O)c2ccc(NN(C)C)cc2)cc1. The lowest BCUT2D eigenvalue weighted by Crippen LogP contribution is -2.19.